The van der Waals surface area contributed by atoms with Crippen LogP contribution in [0.25, 0.3) is 0 Å². The first kappa shape index (κ1) is 21.2. The van der Waals surface area contributed by atoms with Gasteiger partial charge in [0.05, 0.1) is 34.7 Å². The SMILES string of the molecule is O=C(c1cc(S(=O)(=O)N2CCOCC2)ccc1Cl)N1CCCC1c1ccc(F)cc1. The zero-order valence-corrected chi connectivity index (χ0v) is 17.8. The number of hydrogen-bond donors (Lipinski definition) is 0. The van der Waals surface area contributed by atoms with E-state index in [1.165, 1.54) is 34.6 Å². The molecule has 4 rings (SSSR count). The van der Waals surface area contributed by atoms with Crippen LogP contribution in [0.4, 0.5) is 4.39 Å². The number of hydrogen-bond acceptors (Lipinski definition) is 4. The van der Waals surface area contributed by atoms with E-state index in [1.54, 1.807) is 17.0 Å². The third-order valence-electron chi connectivity index (χ3n) is 5.54. The second kappa shape index (κ2) is 8.63. The summed E-state index contributed by atoms with van der Waals surface area (Å²) in [6, 6.07) is 10.1. The molecule has 1 amide bonds. The number of sulfonamides is 1. The molecule has 30 heavy (non-hydrogen) atoms. The second-order valence-corrected chi connectivity index (χ2v) is 9.71. The van der Waals surface area contributed by atoms with Gasteiger partial charge in [-0.25, -0.2) is 12.8 Å². The van der Waals surface area contributed by atoms with Gasteiger partial charge in [0.1, 0.15) is 5.82 Å². The molecule has 2 aliphatic rings. The number of carbonyl (C=O) groups excluding carboxylic acids is 1. The molecule has 2 aromatic carbocycles. The number of nitrogens with zero attached hydrogens (tertiary/aromatic N) is 2. The Hall–Kier alpha value is -2.00. The molecule has 2 aromatic rings. The minimum Gasteiger partial charge on any atom is -0.379 e. The largest absolute Gasteiger partial charge is 0.379 e. The van der Waals surface area contributed by atoms with Gasteiger partial charge < -0.3 is 9.64 Å². The fourth-order valence-electron chi connectivity index (χ4n) is 3.96. The van der Waals surface area contributed by atoms with Crippen molar-refractivity contribution < 1.29 is 22.3 Å². The Morgan fingerprint density at radius 3 is 2.47 bits per heavy atom. The molecule has 0 saturated carbocycles. The number of benzene rings is 2. The van der Waals surface area contributed by atoms with Crippen LogP contribution >= 0.6 is 11.6 Å². The van der Waals surface area contributed by atoms with Gasteiger partial charge in [-0.1, -0.05) is 23.7 Å². The lowest BCUT2D eigenvalue weighted by Gasteiger charge is -2.27. The summed E-state index contributed by atoms with van der Waals surface area (Å²) in [5, 5.41) is 0.200. The number of amides is 1. The highest BCUT2D eigenvalue weighted by Gasteiger charge is 2.33. The standard InChI is InChI=1S/C21H22ClFN2O4S/c22-19-8-7-17(30(27,28)24-10-12-29-13-11-24)14-18(19)21(26)25-9-1-2-20(25)15-3-5-16(23)6-4-15/h3-8,14,20H,1-2,9-13H2. The summed E-state index contributed by atoms with van der Waals surface area (Å²) >= 11 is 6.29. The fourth-order valence-corrected chi connectivity index (χ4v) is 5.59. The highest BCUT2D eigenvalue weighted by molar-refractivity contribution is 7.89. The Kier molecular flexibility index (Phi) is 6.11. The zero-order valence-electron chi connectivity index (χ0n) is 16.3. The topological polar surface area (TPSA) is 66.9 Å². The van der Waals surface area contributed by atoms with Crippen molar-refractivity contribution in [1.29, 1.82) is 0 Å². The summed E-state index contributed by atoms with van der Waals surface area (Å²) in [7, 11) is -3.75. The molecule has 6 nitrogen and oxygen atoms in total. The summed E-state index contributed by atoms with van der Waals surface area (Å²) in [5.41, 5.74) is 0.996. The van der Waals surface area contributed by atoms with E-state index in [0.717, 1.165) is 18.4 Å². The van der Waals surface area contributed by atoms with E-state index in [0.29, 0.717) is 19.8 Å². The molecule has 1 unspecified atom stereocenters. The summed E-state index contributed by atoms with van der Waals surface area (Å²) in [6.45, 7) is 1.75. The molecule has 0 bridgehead atoms. The number of halogens is 2. The average molecular weight is 453 g/mol. The van der Waals surface area contributed by atoms with Crippen LogP contribution < -0.4 is 0 Å². The van der Waals surface area contributed by atoms with Crippen LogP contribution in [0.15, 0.2) is 47.4 Å². The smallest absolute Gasteiger partial charge is 0.255 e. The van der Waals surface area contributed by atoms with Gasteiger partial charge in [-0.2, -0.15) is 4.31 Å². The lowest BCUT2D eigenvalue weighted by molar-refractivity contribution is 0.0727. The van der Waals surface area contributed by atoms with Crippen molar-refractivity contribution in [2.24, 2.45) is 0 Å². The predicted octanol–water partition coefficient (Wildman–Crippen LogP) is 3.48. The molecular formula is C21H22ClFN2O4S. The van der Waals surface area contributed by atoms with Crippen molar-refractivity contribution in [2.45, 2.75) is 23.8 Å². The second-order valence-electron chi connectivity index (χ2n) is 7.37. The number of carbonyl (C=O) groups is 1. The highest BCUT2D eigenvalue weighted by Crippen LogP contribution is 2.35. The minimum atomic E-state index is -3.75. The average Bonchev–Trinajstić information content (AvgIpc) is 3.24. The van der Waals surface area contributed by atoms with Gasteiger partial charge in [-0.05, 0) is 48.7 Å². The van der Waals surface area contributed by atoms with E-state index in [9.17, 15) is 17.6 Å². The molecular weight excluding hydrogens is 431 g/mol. The van der Waals surface area contributed by atoms with Gasteiger partial charge in [-0.3, -0.25) is 4.79 Å². The van der Waals surface area contributed by atoms with Crippen LogP contribution in [-0.2, 0) is 14.8 Å². The number of morpholine rings is 1. The van der Waals surface area contributed by atoms with Crippen LogP contribution in [0.5, 0.6) is 0 Å². The Balaban J connectivity index is 1.64. The van der Waals surface area contributed by atoms with E-state index < -0.39 is 10.0 Å². The highest BCUT2D eigenvalue weighted by atomic mass is 35.5. The van der Waals surface area contributed by atoms with Crippen LogP contribution in [0, 0.1) is 5.82 Å². The van der Waals surface area contributed by atoms with Crippen molar-refractivity contribution in [1.82, 2.24) is 9.21 Å². The maximum absolute atomic E-state index is 13.3. The summed E-state index contributed by atoms with van der Waals surface area (Å²) in [5.74, 6) is -0.662. The van der Waals surface area contributed by atoms with E-state index in [1.807, 2.05) is 0 Å². The maximum atomic E-state index is 13.3. The van der Waals surface area contributed by atoms with Crippen molar-refractivity contribution >= 4 is 27.5 Å². The Morgan fingerprint density at radius 1 is 1.07 bits per heavy atom. The van der Waals surface area contributed by atoms with Crippen LogP contribution in [-0.4, -0.2) is 56.4 Å². The molecule has 0 spiro atoms. The molecule has 0 N–H and O–H groups in total. The van der Waals surface area contributed by atoms with Crippen LogP contribution in [0.3, 0.4) is 0 Å². The van der Waals surface area contributed by atoms with Gasteiger partial charge >= 0.3 is 0 Å². The van der Waals surface area contributed by atoms with Gasteiger partial charge in [0.25, 0.3) is 5.91 Å². The van der Waals surface area contributed by atoms with Gasteiger partial charge in [0.2, 0.25) is 10.0 Å². The van der Waals surface area contributed by atoms with Crippen molar-refractivity contribution in [2.75, 3.05) is 32.8 Å². The molecule has 2 aliphatic heterocycles. The van der Waals surface area contributed by atoms with Gasteiger partial charge in [0.15, 0.2) is 0 Å². The van der Waals surface area contributed by atoms with E-state index in [4.69, 9.17) is 16.3 Å². The molecule has 2 fully saturated rings. The summed E-state index contributed by atoms with van der Waals surface area (Å²) in [6.07, 6.45) is 1.55. The van der Waals surface area contributed by atoms with Crippen molar-refractivity contribution in [3.05, 3.63) is 64.4 Å². The number of ether oxygens (including phenoxy) is 1. The normalized spacial score (nSPS) is 20.5. The number of rotatable bonds is 4. The molecule has 0 aromatic heterocycles. The molecule has 160 valence electrons. The molecule has 0 aliphatic carbocycles. The van der Waals surface area contributed by atoms with Gasteiger partial charge in [0, 0.05) is 19.6 Å². The summed E-state index contributed by atoms with van der Waals surface area (Å²) < 4.78 is 45.8. The lowest BCUT2D eigenvalue weighted by Crippen LogP contribution is -2.40. The molecule has 2 heterocycles. The Bertz CT molecular complexity index is 1040. The third-order valence-corrected chi connectivity index (χ3v) is 7.77. The minimum absolute atomic E-state index is 0.0367. The quantitative estimate of drug-likeness (QED) is 0.712. The first-order valence-corrected chi connectivity index (χ1v) is 11.6. The number of likely N-dealkylation sites (tertiary alicyclic amines) is 1. The lowest BCUT2D eigenvalue weighted by atomic mass is 10.0. The predicted molar refractivity (Wildman–Crippen MR) is 110 cm³/mol. The van der Waals surface area contributed by atoms with E-state index >= 15 is 0 Å². The molecule has 0 radical (unpaired) electrons. The summed E-state index contributed by atoms with van der Waals surface area (Å²) in [4.78, 5) is 15.0. The first-order valence-electron chi connectivity index (χ1n) is 9.82. The van der Waals surface area contributed by atoms with Gasteiger partial charge in [-0.15, -0.1) is 0 Å². The van der Waals surface area contributed by atoms with Crippen molar-refractivity contribution in [3.63, 3.8) is 0 Å². The molecule has 9 heteroatoms. The maximum Gasteiger partial charge on any atom is 0.255 e. The molecule has 2 saturated heterocycles. The first-order chi connectivity index (χ1) is 14.4. The molecule has 1 atom stereocenters. The monoisotopic (exact) mass is 452 g/mol. The van der Waals surface area contributed by atoms with Crippen LogP contribution in [0.1, 0.15) is 34.8 Å². The third kappa shape index (κ3) is 4.09. The fraction of sp³-hybridized carbons (Fsp3) is 0.381. The Labute approximate surface area is 180 Å². The van der Waals surface area contributed by atoms with E-state index in [-0.39, 0.29) is 46.3 Å². The zero-order chi connectivity index (χ0) is 21.3. The van der Waals surface area contributed by atoms with Crippen molar-refractivity contribution in [3.8, 4) is 0 Å². The Morgan fingerprint density at radius 2 is 1.77 bits per heavy atom. The van der Waals surface area contributed by atoms with Crippen LogP contribution in [0.2, 0.25) is 5.02 Å². The van der Waals surface area contributed by atoms with E-state index in [2.05, 4.69) is 0 Å².